The first-order valence-corrected chi connectivity index (χ1v) is 9.38. The molecule has 1 aromatic carbocycles. The maximum atomic E-state index is 13.6. The maximum absolute atomic E-state index is 13.6. The van der Waals surface area contributed by atoms with Gasteiger partial charge in [-0.2, -0.15) is 0 Å². The van der Waals surface area contributed by atoms with Crippen molar-refractivity contribution < 1.29 is 4.79 Å². The molecule has 2 nitrogen and oxygen atoms in total. The number of hydrogen-bond acceptors (Lipinski definition) is 1. The number of benzene rings is 1. The standard InChI is InChI=1S/C21H29NO/c1-14-4-5-19-18(10-14)6-7-22(19)20(23)21-11-15(2)8-17(13-21)9-16(3)12-21/h4-5,10,15-17H,6-9,11-13H2,1-3H3/t15-,16+,17-,21?. The molecule has 0 radical (unpaired) electrons. The summed E-state index contributed by atoms with van der Waals surface area (Å²) in [5.41, 5.74) is 3.77. The van der Waals surface area contributed by atoms with Crippen LogP contribution in [0, 0.1) is 30.1 Å². The topological polar surface area (TPSA) is 20.3 Å². The summed E-state index contributed by atoms with van der Waals surface area (Å²) in [5.74, 6) is 2.60. The Kier molecular flexibility index (Phi) is 3.55. The van der Waals surface area contributed by atoms with Crippen molar-refractivity contribution in [3.8, 4) is 0 Å². The molecule has 0 aromatic heterocycles. The summed E-state index contributed by atoms with van der Waals surface area (Å²) in [4.78, 5) is 15.7. The van der Waals surface area contributed by atoms with Gasteiger partial charge in [0.15, 0.2) is 0 Å². The molecule has 0 saturated heterocycles. The van der Waals surface area contributed by atoms with Crippen LogP contribution in [0.25, 0.3) is 0 Å². The van der Waals surface area contributed by atoms with E-state index in [0.717, 1.165) is 38.1 Å². The van der Waals surface area contributed by atoms with Crippen LogP contribution in [0.3, 0.4) is 0 Å². The summed E-state index contributed by atoms with van der Waals surface area (Å²) in [6, 6.07) is 6.58. The van der Waals surface area contributed by atoms with Crippen LogP contribution in [-0.4, -0.2) is 12.5 Å². The van der Waals surface area contributed by atoms with Crippen LogP contribution in [0.5, 0.6) is 0 Å². The number of nitrogens with zero attached hydrogens (tertiary/aromatic N) is 1. The van der Waals surface area contributed by atoms with Crippen molar-refractivity contribution in [1.82, 2.24) is 0 Å². The number of carbonyl (C=O) groups excluding carboxylic acids is 1. The molecular weight excluding hydrogens is 282 g/mol. The summed E-state index contributed by atoms with van der Waals surface area (Å²) >= 11 is 0. The van der Waals surface area contributed by atoms with Gasteiger partial charge in [-0.25, -0.2) is 0 Å². The van der Waals surface area contributed by atoms with Crippen molar-refractivity contribution in [2.75, 3.05) is 11.4 Å². The highest BCUT2D eigenvalue weighted by Gasteiger charge is 2.51. The molecule has 1 aromatic rings. The lowest BCUT2D eigenvalue weighted by Crippen LogP contribution is -2.50. The van der Waals surface area contributed by atoms with Gasteiger partial charge in [0.2, 0.25) is 5.91 Å². The van der Waals surface area contributed by atoms with Crippen molar-refractivity contribution in [3.05, 3.63) is 29.3 Å². The van der Waals surface area contributed by atoms with Crippen molar-refractivity contribution >= 4 is 11.6 Å². The number of rotatable bonds is 1. The number of amides is 1. The molecule has 1 unspecified atom stereocenters. The molecule has 2 fully saturated rings. The molecule has 3 aliphatic rings. The zero-order valence-corrected chi connectivity index (χ0v) is 14.8. The van der Waals surface area contributed by atoms with Gasteiger partial charge in [-0.15, -0.1) is 0 Å². The van der Waals surface area contributed by atoms with Gasteiger partial charge < -0.3 is 4.90 Å². The minimum atomic E-state index is -0.0769. The Morgan fingerprint density at radius 3 is 2.52 bits per heavy atom. The Morgan fingerprint density at radius 1 is 1.13 bits per heavy atom. The monoisotopic (exact) mass is 311 g/mol. The number of fused-ring (bicyclic) bond motifs is 3. The lowest BCUT2D eigenvalue weighted by Gasteiger charge is -2.50. The second kappa shape index (κ2) is 5.36. The van der Waals surface area contributed by atoms with E-state index in [0.29, 0.717) is 17.7 Å². The Morgan fingerprint density at radius 2 is 1.83 bits per heavy atom. The lowest BCUT2D eigenvalue weighted by atomic mass is 9.56. The molecule has 2 saturated carbocycles. The van der Waals surface area contributed by atoms with Crippen molar-refractivity contribution in [2.45, 2.75) is 59.3 Å². The van der Waals surface area contributed by atoms with E-state index in [2.05, 4.69) is 43.9 Å². The fourth-order valence-electron chi connectivity index (χ4n) is 5.99. The van der Waals surface area contributed by atoms with E-state index in [1.165, 1.54) is 29.7 Å². The normalized spacial score (nSPS) is 36.0. The fourth-order valence-corrected chi connectivity index (χ4v) is 5.99. The van der Waals surface area contributed by atoms with Crippen LogP contribution in [0.2, 0.25) is 0 Å². The Balaban J connectivity index is 1.66. The molecule has 2 bridgehead atoms. The SMILES string of the molecule is Cc1ccc2c(c1)CCN2C(=O)C12C[C@H](C)C[C@H](C[C@H](C)C1)C2. The maximum Gasteiger partial charge on any atom is 0.233 e. The first-order chi connectivity index (χ1) is 11.0. The number of anilines is 1. The second-order valence-corrected chi connectivity index (χ2v) is 8.78. The molecule has 2 aliphatic carbocycles. The highest BCUT2D eigenvalue weighted by atomic mass is 16.2. The fraction of sp³-hybridized carbons (Fsp3) is 0.667. The van der Waals surface area contributed by atoms with E-state index in [1.807, 2.05) is 0 Å². The second-order valence-electron chi connectivity index (χ2n) is 8.78. The molecule has 124 valence electrons. The molecule has 1 aliphatic heterocycles. The van der Waals surface area contributed by atoms with Crippen LogP contribution in [0.4, 0.5) is 5.69 Å². The number of aryl methyl sites for hydroxylation is 1. The largest absolute Gasteiger partial charge is 0.311 e. The van der Waals surface area contributed by atoms with E-state index in [9.17, 15) is 4.79 Å². The molecule has 1 amide bonds. The van der Waals surface area contributed by atoms with Gasteiger partial charge in [0.25, 0.3) is 0 Å². The summed E-state index contributed by atoms with van der Waals surface area (Å²) in [5, 5.41) is 0. The smallest absolute Gasteiger partial charge is 0.233 e. The molecule has 2 heteroatoms. The molecule has 0 N–H and O–H groups in total. The summed E-state index contributed by atoms with van der Waals surface area (Å²) < 4.78 is 0. The van der Waals surface area contributed by atoms with Gasteiger partial charge in [0.1, 0.15) is 0 Å². The minimum Gasteiger partial charge on any atom is -0.311 e. The number of hydrogen-bond donors (Lipinski definition) is 0. The summed E-state index contributed by atoms with van der Waals surface area (Å²) in [7, 11) is 0. The number of carbonyl (C=O) groups is 1. The van der Waals surface area contributed by atoms with E-state index in [1.54, 1.807) is 0 Å². The quantitative estimate of drug-likeness (QED) is 0.734. The highest BCUT2D eigenvalue weighted by Crippen LogP contribution is 2.54. The van der Waals surface area contributed by atoms with Gasteiger partial charge >= 0.3 is 0 Å². The Labute approximate surface area is 140 Å². The predicted molar refractivity (Wildman–Crippen MR) is 94.6 cm³/mol. The van der Waals surface area contributed by atoms with Crippen LogP contribution in [0.1, 0.15) is 57.1 Å². The summed E-state index contributed by atoms with van der Waals surface area (Å²) in [6.45, 7) is 7.73. The minimum absolute atomic E-state index is 0.0769. The van der Waals surface area contributed by atoms with Crippen LogP contribution in [0.15, 0.2) is 18.2 Å². The molecule has 4 atom stereocenters. The third kappa shape index (κ3) is 2.51. The van der Waals surface area contributed by atoms with E-state index in [-0.39, 0.29) is 5.41 Å². The van der Waals surface area contributed by atoms with Gasteiger partial charge in [0, 0.05) is 12.2 Å². The van der Waals surface area contributed by atoms with E-state index < -0.39 is 0 Å². The highest BCUT2D eigenvalue weighted by molar-refractivity contribution is 5.99. The van der Waals surface area contributed by atoms with Gasteiger partial charge in [-0.3, -0.25) is 4.79 Å². The Bertz CT molecular complexity index is 615. The third-order valence-electron chi connectivity index (χ3n) is 6.46. The molecule has 23 heavy (non-hydrogen) atoms. The zero-order valence-electron chi connectivity index (χ0n) is 14.8. The first kappa shape index (κ1) is 15.2. The van der Waals surface area contributed by atoms with Crippen molar-refractivity contribution in [3.63, 3.8) is 0 Å². The van der Waals surface area contributed by atoms with E-state index >= 15 is 0 Å². The van der Waals surface area contributed by atoms with Crippen molar-refractivity contribution in [1.29, 1.82) is 0 Å². The lowest BCUT2D eigenvalue weighted by molar-refractivity contribution is -0.136. The van der Waals surface area contributed by atoms with E-state index in [4.69, 9.17) is 0 Å². The molecular formula is C21H29NO. The third-order valence-corrected chi connectivity index (χ3v) is 6.46. The average Bonchev–Trinajstić information content (AvgIpc) is 2.87. The van der Waals surface area contributed by atoms with Gasteiger partial charge in [-0.05, 0) is 74.8 Å². The predicted octanol–water partition coefficient (Wildman–Crippen LogP) is 4.74. The molecule has 0 spiro atoms. The summed E-state index contributed by atoms with van der Waals surface area (Å²) in [6.07, 6.45) is 7.02. The van der Waals surface area contributed by atoms with Crippen LogP contribution < -0.4 is 4.90 Å². The Hall–Kier alpha value is -1.31. The van der Waals surface area contributed by atoms with Crippen molar-refractivity contribution in [2.24, 2.45) is 23.2 Å². The average molecular weight is 311 g/mol. The van der Waals surface area contributed by atoms with Gasteiger partial charge in [-0.1, -0.05) is 31.5 Å². The molecule has 4 rings (SSSR count). The first-order valence-electron chi connectivity index (χ1n) is 9.38. The van der Waals surface area contributed by atoms with Crippen LogP contribution in [-0.2, 0) is 11.2 Å². The zero-order chi connectivity index (χ0) is 16.2. The van der Waals surface area contributed by atoms with Crippen LogP contribution >= 0.6 is 0 Å². The van der Waals surface area contributed by atoms with Gasteiger partial charge in [0.05, 0.1) is 5.41 Å². The molecule has 1 heterocycles.